The number of nitrogens with two attached hydrogens (primary N) is 1. The van der Waals surface area contributed by atoms with Gasteiger partial charge in [0.2, 0.25) is 0 Å². The van der Waals surface area contributed by atoms with Gasteiger partial charge >= 0.3 is 0 Å². The van der Waals surface area contributed by atoms with Crippen molar-refractivity contribution in [2.45, 2.75) is 25.7 Å². The fourth-order valence-corrected chi connectivity index (χ4v) is 2.59. The molecule has 0 spiro atoms. The second-order valence-electron chi connectivity index (χ2n) is 2.89. The Morgan fingerprint density at radius 2 is 2.00 bits per heavy atom. The molecule has 1 aliphatic rings. The van der Waals surface area contributed by atoms with E-state index in [0.29, 0.717) is 5.00 Å². The maximum absolute atomic E-state index is 13.1. The molecule has 1 nitrogen and oxygen atoms in total. The third-order valence-corrected chi connectivity index (χ3v) is 3.23. The number of hydrogen-bond donors (Lipinski definition) is 1. The molecule has 0 amide bonds. The van der Waals surface area contributed by atoms with Crippen LogP contribution < -0.4 is 5.73 Å². The first-order valence-electron chi connectivity index (χ1n) is 3.84. The van der Waals surface area contributed by atoms with E-state index in [1.54, 1.807) is 0 Å². The topological polar surface area (TPSA) is 26.0 Å². The number of rotatable bonds is 0. The molecule has 0 radical (unpaired) electrons. The van der Waals surface area contributed by atoms with Crippen molar-refractivity contribution >= 4 is 16.3 Å². The zero-order chi connectivity index (χ0) is 7.84. The highest BCUT2D eigenvalue weighted by atomic mass is 32.1. The zero-order valence-corrected chi connectivity index (χ0v) is 7.01. The number of fused-ring (bicyclic) bond motifs is 1. The van der Waals surface area contributed by atoms with E-state index in [0.717, 1.165) is 24.8 Å². The van der Waals surface area contributed by atoms with Gasteiger partial charge in [-0.25, -0.2) is 4.39 Å². The fraction of sp³-hybridized carbons (Fsp3) is 0.500. The second-order valence-corrected chi connectivity index (χ2v) is 4.03. The minimum atomic E-state index is -0.148. The Bertz CT molecular complexity index is 280. The van der Waals surface area contributed by atoms with Crippen molar-refractivity contribution in [1.29, 1.82) is 0 Å². The van der Waals surface area contributed by atoms with E-state index >= 15 is 0 Å². The van der Waals surface area contributed by atoms with Gasteiger partial charge in [0.05, 0.1) is 0 Å². The van der Waals surface area contributed by atoms with Crippen molar-refractivity contribution in [3.63, 3.8) is 0 Å². The summed E-state index contributed by atoms with van der Waals surface area (Å²) < 4.78 is 13.1. The summed E-state index contributed by atoms with van der Waals surface area (Å²) in [7, 11) is 0. The van der Waals surface area contributed by atoms with Gasteiger partial charge in [-0.15, -0.1) is 11.3 Å². The number of nitrogen functional groups attached to an aromatic ring is 1. The third-order valence-electron chi connectivity index (χ3n) is 2.13. The number of halogens is 1. The molecule has 1 heterocycles. The summed E-state index contributed by atoms with van der Waals surface area (Å²) >= 11 is 1.42. The van der Waals surface area contributed by atoms with Crippen LogP contribution >= 0.6 is 11.3 Å². The summed E-state index contributed by atoms with van der Waals surface area (Å²) in [6, 6.07) is 0. The second kappa shape index (κ2) is 2.48. The summed E-state index contributed by atoms with van der Waals surface area (Å²) in [5, 5.41) is 0.372. The Kier molecular flexibility index (Phi) is 1.60. The van der Waals surface area contributed by atoms with E-state index in [1.165, 1.54) is 22.6 Å². The van der Waals surface area contributed by atoms with Gasteiger partial charge in [0.15, 0.2) is 5.82 Å². The lowest BCUT2D eigenvalue weighted by Crippen LogP contribution is -1.99. The van der Waals surface area contributed by atoms with Gasteiger partial charge < -0.3 is 5.73 Å². The predicted molar refractivity (Wildman–Crippen MR) is 45.3 cm³/mol. The van der Waals surface area contributed by atoms with Gasteiger partial charge in [-0.05, 0) is 25.7 Å². The maximum Gasteiger partial charge on any atom is 0.160 e. The number of anilines is 1. The van der Waals surface area contributed by atoms with Crippen LogP contribution in [-0.4, -0.2) is 0 Å². The third kappa shape index (κ3) is 1.03. The highest BCUT2D eigenvalue weighted by Crippen LogP contribution is 2.34. The van der Waals surface area contributed by atoms with Crippen molar-refractivity contribution in [3.8, 4) is 0 Å². The molecule has 0 aliphatic heterocycles. The molecule has 60 valence electrons. The molecule has 3 heteroatoms. The average molecular weight is 171 g/mol. The molecule has 11 heavy (non-hydrogen) atoms. The number of thiophene rings is 1. The molecule has 0 aromatic carbocycles. The molecule has 2 rings (SSSR count). The summed E-state index contributed by atoms with van der Waals surface area (Å²) in [6.07, 6.45) is 4.20. The van der Waals surface area contributed by atoms with Gasteiger partial charge in [-0.2, -0.15) is 0 Å². The van der Waals surface area contributed by atoms with E-state index < -0.39 is 0 Å². The van der Waals surface area contributed by atoms with Crippen LogP contribution in [0.25, 0.3) is 0 Å². The average Bonchev–Trinajstić information content (AvgIpc) is 2.30. The Hall–Kier alpha value is -0.570. The summed E-state index contributed by atoms with van der Waals surface area (Å²) in [5.41, 5.74) is 6.35. The smallest absolute Gasteiger partial charge is 0.160 e. The minimum Gasteiger partial charge on any atom is -0.388 e. The standard InChI is InChI=1S/C8H10FNS/c9-7-5-3-1-2-4-6(5)11-8(7)10/h1-4,10H2. The van der Waals surface area contributed by atoms with Crippen molar-refractivity contribution in [2.75, 3.05) is 5.73 Å². The van der Waals surface area contributed by atoms with Crippen molar-refractivity contribution < 1.29 is 4.39 Å². The predicted octanol–water partition coefficient (Wildman–Crippen LogP) is 2.35. The van der Waals surface area contributed by atoms with Gasteiger partial charge in [0.25, 0.3) is 0 Å². The normalized spacial score (nSPS) is 16.5. The summed E-state index contributed by atoms with van der Waals surface area (Å²) in [5.74, 6) is -0.148. The molecule has 0 saturated heterocycles. The van der Waals surface area contributed by atoms with Gasteiger partial charge in [0.1, 0.15) is 5.00 Å². The highest BCUT2D eigenvalue weighted by molar-refractivity contribution is 7.16. The van der Waals surface area contributed by atoms with E-state index in [4.69, 9.17) is 5.73 Å². The number of aryl methyl sites for hydroxylation is 1. The fourth-order valence-electron chi connectivity index (χ4n) is 1.55. The molecule has 0 fully saturated rings. The van der Waals surface area contributed by atoms with E-state index in [-0.39, 0.29) is 5.82 Å². The molecule has 0 saturated carbocycles. The lowest BCUT2D eigenvalue weighted by molar-refractivity contribution is 0.593. The quantitative estimate of drug-likeness (QED) is 0.637. The van der Waals surface area contributed by atoms with Crippen LogP contribution in [0.3, 0.4) is 0 Å². The van der Waals surface area contributed by atoms with Crippen molar-refractivity contribution in [3.05, 3.63) is 16.3 Å². The molecule has 2 N–H and O–H groups in total. The SMILES string of the molecule is Nc1sc2c(c1F)CCCC2. The minimum absolute atomic E-state index is 0.148. The largest absolute Gasteiger partial charge is 0.388 e. The summed E-state index contributed by atoms with van der Waals surface area (Å²) in [4.78, 5) is 1.17. The van der Waals surface area contributed by atoms with Crippen LogP contribution in [0.15, 0.2) is 0 Å². The lowest BCUT2D eigenvalue weighted by Gasteiger charge is -2.08. The van der Waals surface area contributed by atoms with Gasteiger partial charge in [0, 0.05) is 10.4 Å². The molecule has 1 aromatic heterocycles. The molecule has 0 bridgehead atoms. The van der Waals surface area contributed by atoms with E-state index in [9.17, 15) is 4.39 Å². The van der Waals surface area contributed by atoms with Crippen molar-refractivity contribution in [2.24, 2.45) is 0 Å². The first-order chi connectivity index (χ1) is 5.29. The van der Waals surface area contributed by atoms with Crippen molar-refractivity contribution in [1.82, 2.24) is 0 Å². The Morgan fingerprint density at radius 3 is 2.73 bits per heavy atom. The van der Waals surface area contributed by atoms with Gasteiger partial charge in [-0.1, -0.05) is 0 Å². The number of hydrogen-bond acceptors (Lipinski definition) is 2. The van der Waals surface area contributed by atoms with Crippen LogP contribution in [0.4, 0.5) is 9.39 Å². The molecule has 0 atom stereocenters. The molecular weight excluding hydrogens is 161 g/mol. The summed E-state index contributed by atoms with van der Waals surface area (Å²) in [6.45, 7) is 0. The molecule has 0 unspecified atom stereocenters. The zero-order valence-electron chi connectivity index (χ0n) is 6.19. The first-order valence-corrected chi connectivity index (χ1v) is 4.66. The van der Waals surface area contributed by atoms with Crippen LogP contribution in [0.1, 0.15) is 23.3 Å². The van der Waals surface area contributed by atoms with Crippen LogP contribution in [0.5, 0.6) is 0 Å². The van der Waals surface area contributed by atoms with Crippen LogP contribution in [0.2, 0.25) is 0 Å². The Labute approximate surface area is 69.0 Å². The monoisotopic (exact) mass is 171 g/mol. The van der Waals surface area contributed by atoms with Crippen LogP contribution in [0, 0.1) is 5.82 Å². The molecular formula is C8H10FNS. The molecule has 1 aromatic rings. The molecule has 1 aliphatic carbocycles. The Morgan fingerprint density at radius 1 is 1.27 bits per heavy atom. The first kappa shape index (κ1) is 7.10. The lowest BCUT2D eigenvalue weighted by atomic mass is 9.99. The maximum atomic E-state index is 13.1. The van der Waals surface area contributed by atoms with Gasteiger partial charge in [-0.3, -0.25) is 0 Å². The Balaban J connectivity index is 2.50. The van der Waals surface area contributed by atoms with Crippen LogP contribution in [-0.2, 0) is 12.8 Å². The van der Waals surface area contributed by atoms with E-state index in [1.807, 2.05) is 0 Å². The van der Waals surface area contributed by atoms with E-state index in [2.05, 4.69) is 0 Å². The highest BCUT2D eigenvalue weighted by Gasteiger charge is 2.18.